The predicted octanol–water partition coefficient (Wildman–Crippen LogP) is 4.38. The number of nitrogens with zero attached hydrogens (tertiary/aromatic N) is 3. The van der Waals surface area contributed by atoms with Gasteiger partial charge in [-0.25, -0.2) is 4.98 Å². The first-order valence-electron chi connectivity index (χ1n) is 10.8. The molecule has 2 aromatic heterocycles. The quantitative estimate of drug-likeness (QED) is 0.515. The van der Waals surface area contributed by atoms with E-state index in [9.17, 15) is 4.79 Å². The monoisotopic (exact) mass is 424 g/mol. The second-order valence-electron chi connectivity index (χ2n) is 7.85. The maximum Gasteiger partial charge on any atom is 0.256 e. The number of hydrogen-bond acceptors (Lipinski definition) is 5. The van der Waals surface area contributed by atoms with E-state index in [1.54, 1.807) is 12.4 Å². The van der Waals surface area contributed by atoms with E-state index >= 15 is 0 Å². The number of amides is 1. The normalized spacial score (nSPS) is 14.4. The minimum Gasteiger partial charge on any atom is -0.379 e. The molecule has 0 saturated carbocycles. The van der Waals surface area contributed by atoms with Gasteiger partial charge in [-0.15, -0.1) is 0 Å². The van der Waals surface area contributed by atoms with Crippen LogP contribution < -0.4 is 5.32 Å². The lowest BCUT2D eigenvalue weighted by molar-refractivity contribution is 0.0342. The number of anilines is 1. The highest BCUT2D eigenvalue weighted by atomic mass is 16.5. The topological polar surface area (TPSA) is 67.4 Å². The summed E-state index contributed by atoms with van der Waals surface area (Å²) in [6.45, 7) is 4.37. The highest BCUT2D eigenvalue weighted by molar-refractivity contribution is 6.13. The van der Waals surface area contributed by atoms with Crippen molar-refractivity contribution in [2.24, 2.45) is 0 Å². The molecule has 0 radical (unpaired) electrons. The maximum absolute atomic E-state index is 13.2. The van der Waals surface area contributed by atoms with Crippen LogP contribution in [0.25, 0.3) is 22.2 Å². The Morgan fingerprint density at radius 1 is 0.969 bits per heavy atom. The van der Waals surface area contributed by atoms with Crippen LogP contribution in [-0.4, -0.2) is 47.1 Å². The molecule has 1 N–H and O–H groups in total. The second-order valence-corrected chi connectivity index (χ2v) is 7.85. The molecule has 0 unspecified atom stereocenters. The Hall–Kier alpha value is -3.61. The third-order valence-corrected chi connectivity index (χ3v) is 5.66. The molecule has 4 aromatic rings. The molecule has 3 heterocycles. The van der Waals surface area contributed by atoms with E-state index in [0.717, 1.165) is 60.7 Å². The van der Waals surface area contributed by atoms with E-state index in [4.69, 9.17) is 9.72 Å². The zero-order valence-corrected chi connectivity index (χ0v) is 17.7. The predicted molar refractivity (Wildman–Crippen MR) is 125 cm³/mol. The van der Waals surface area contributed by atoms with E-state index in [2.05, 4.69) is 27.3 Å². The van der Waals surface area contributed by atoms with Gasteiger partial charge in [-0.3, -0.25) is 14.7 Å². The molecule has 2 aromatic carbocycles. The number of fused-ring (bicyclic) bond motifs is 1. The Morgan fingerprint density at radius 3 is 2.50 bits per heavy atom. The Bertz CT molecular complexity index is 1220. The van der Waals surface area contributed by atoms with Crippen molar-refractivity contribution < 1.29 is 9.53 Å². The molecule has 1 aliphatic rings. The molecular formula is C26H24N4O2. The smallest absolute Gasteiger partial charge is 0.256 e. The van der Waals surface area contributed by atoms with Crippen LogP contribution in [-0.2, 0) is 11.3 Å². The van der Waals surface area contributed by atoms with Gasteiger partial charge in [0.15, 0.2) is 0 Å². The van der Waals surface area contributed by atoms with E-state index in [1.165, 1.54) is 5.56 Å². The van der Waals surface area contributed by atoms with Crippen molar-refractivity contribution in [1.29, 1.82) is 0 Å². The largest absolute Gasteiger partial charge is 0.379 e. The summed E-state index contributed by atoms with van der Waals surface area (Å²) >= 11 is 0. The van der Waals surface area contributed by atoms with Crippen molar-refractivity contribution in [3.8, 4) is 11.3 Å². The van der Waals surface area contributed by atoms with E-state index in [1.807, 2.05) is 54.6 Å². The Labute approximate surface area is 186 Å². The van der Waals surface area contributed by atoms with Gasteiger partial charge in [0.1, 0.15) is 0 Å². The van der Waals surface area contributed by atoms with Crippen molar-refractivity contribution in [3.63, 3.8) is 0 Å². The molecular weight excluding hydrogens is 400 g/mol. The van der Waals surface area contributed by atoms with Crippen LogP contribution in [0.5, 0.6) is 0 Å². The molecule has 32 heavy (non-hydrogen) atoms. The van der Waals surface area contributed by atoms with Gasteiger partial charge in [-0.2, -0.15) is 0 Å². The Kier molecular flexibility index (Phi) is 5.87. The highest BCUT2D eigenvalue weighted by Crippen LogP contribution is 2.25. The van der Waals surface area contributed by atoms with Crippen LogP contribution in [0.15, 0.2) is 79.1 Å². The average Bonchev–Trinajstić information content (AvgIpc) is 2.85. The van der Waals surface area contributed by atoms with Gasteiger partial charge in [-0.1, -0.05) is 30.3 Å². The lowest BCUT2D eigenvalue weighted by Crippen LogP contribution is -2.35. The summed E-state index contributed by atoms with van der Waals surface area (Å²) in [5.74, 6) is -0.153. The van der Waals surface area contributed by atoms with Gasteiger partial charge in [0.2, 0.25) is 0 Å². The number of rotatable bonds is 5. The zero-order valence-electron chi connectivity index (χ0n) is 17.7. The van der Waals surface area contributed by atoms with Gasteiger partial charge < -0.3 is 10.1 Å². The molecule has 6 nitrogen and oxygen atoms in total. The van der Waals surface area contributed by atoms with E-state index in [0.29, 0.717) is 5.56 Å². The van der Waals surface area contributed by atoms with Crippen molar-refractivity contribution in [2.45, 2.75) is 6.54 Å². The van der Waals surface area contributed by atoms with Crippen LogP contribution in [0.3, 0.4) is 0 Å². The van der Waals surface area contributed by atoms with Crippen molar-refractivity contribution >= 4 is 22.5 Å². The zero-order chi connectivity index (χ0) is 21.8. The lowest BCUT2D eigenvalue weighted by Gasteiger charge is -2.26. The minimum absolute atomic E-state index is 0.153. The molecule has 6 heteroatoms. The highest BCUT2D eigenvalue weighted by Gasteiger charge is 2.15. The molecule has 1 fully saturated rings. The van der Waals surface area contributed by atoms with Crippen LogP contribution >= 0.6 is 0 Å². The number of aromatic nitrogens is 2. The average molecular weight is 425 g/mol. The SMILES string of the molecule is O=C(Nc1ccc(CN2CCOCC2)cc1)c1cc(-c2ccncc2)nc2ccccc12. The second kappa shape index (κ2) is 9.26. The molecule has 160 valence electrons. The number of carbonyl (C=O) groups is 1. The lowest BCUT2D eigenvalue weighted by atomic mass is 10.0. The standard InChI is InChI=1S/C26H24N4O2/c31-26(28-21-7-5-19(6-8-21)18-30-13-15-32-16-14-30)23-17-25(20-9-11-27-12-10-20)29-24-4-2-1-3-22(23)24/h1-12,17H,13-16,18H2,(H,28,31). The first-order valence-corrected chi connectivity index (χ1v) is 10.8. The van der Waals surface area contributed by atoms with Crippen LogP contribution in [0.1, 0.15) is 15.9 Å². The first-order chi connectivity index (χ1) is 15.8. The summed E-state index contributed by atoms with van der Waals surface area (Å²) in [6, 6.07) is 21.4. The van der Waals surface area contributed by atoms with E-state index in [-0.39, 0.29) is 5.91 Å². The first kappa shape index (κ1) is 20.3. The number of ether oxygens (including phenoxy) is 1. The Balaban J connectivity index is 1.38. The van der Waals surface area contributed by atoms with Crippen molar-refractivity contribution in [1.82, 2.24) is 14.9 Å². The molecule has 5 rings (SSSR count). The summed E-state index contributed by atoms with van der Waals surface area (Å²) in [5.41, 5.74) is 5.04. The molecule has 0 aliphatic carbocycles. The number of para-hydroxylation sites is 1. The number of carbonyl (C=O) groups excluding carboxylic acids is 1. The molecule has 0 atom stereocenters. The third-order valence-electron chi connectivity index (χ3n) is 5.66. The molecule has 0 bridgehead atoms. The number of hydrogen-bond donors (Lipinski definition) is 1. The minimum atomic E-state index is -0.153. The fourth-order valence-corrected chi connectivity index (χ4v) is 3.94. The summed E-state index contributed by atoms with van der Waals surface area (Å²) in [7, 11) is 0. The van der Waals surface area contributed by atoms with Crippen molar-refractivity contribution in [2.75, 3.05) is 31.6 Å². The van der Waals surface area contributed by atoms with Gasteiger partial charge >= 0.3 is 0 Å². The molecule has 1 saturated heterocycles. The number of morpholine rings is 1. The fourth-order valence-electron chi connectivity index (χ4n) is 3.94. The number of nitrogens with one attached hydrogen (secondary N) is 1. The number of pyridine rings is 2. The van der Waals surface area contributed by atoms with Gasteiger partial charge in [0, 0.05) is 48.7 Å². The van der Waals surface area contributed by atoms with Gasteiger partial charge in [0.05, 0.1) is 30.0 Å². The van der Waals surface area contributed by atoms with Gasteiger partial charge in [-0.05, 0) is 42.0 Å². The Morgan fingerprint density at radius 2 is 1.72 bits per heavy atom. The summed E-state index contributed by atoms with van der Waals surface area (Å²) in [6.07, 6.45) is 3.45. The maximum atomic E-state index is 13.2. The summed E-state index contributed by atoms with van der Waals surface area (Å²) in [5, 5.41) is 3.87. The molecule has 1 amide bonds. The van der Waals surface area contributed by atoms with E-state index < -0.39 is 0 Å². The summed E-state index contributed by atoms with van der Waals surface area (Å²) < 4.78 is 5.41. The van der Waals surface area contributed by atoms with Crippen LogP contribution in [0.4, 0.5) is 5.69 Å². The van der Waals surface area contributed by atoms with Gasteiger partial charge in [0.25, 0.3) is 5.91 Å². The third kappa shape index (κ3) is 4.51. The van der Waals surface area contributed by atoms with Crippen molar-refractivity contribution in [3.05, 3.63) is 90.3 Å². The molecule has 1 aliphatic heterocycles. The van der Waals surface area contributed by atoms with Crippen LogP contribution in [0, 0.1) is 0 Å². The number of benzene rings is 2. The summed E-state index contributed by atoms with van der Waals surface area (Å²) in [4.78, 5) is 24.4. The van der Waals surface area contributed by atoms with Crippen LogP contribution in [0.2, 0.25) is 0 Å². The molecule has 0 spiro atoms. The fraction of sp³-hybridized carbons (Fsp3) is 0.192.